The van der Waals surface area contributed by atoms with Gasteiger partial charge in [0.15, 0.2) is 11.6 Å². The lowest BCUT2D eigenvalue weighted by Crippen LogP contribution is -2.69. The number of ether oxygens (including phenoxy) is 2. The van der Waals surface area contributed by atoms with Crippen LogP contribution in [0.15, 0.2) is 89.5 Å². The van der Waals surface area contributed by atoms with Crippen molar-refractivity contribution >= 4 is 11.6 Å². The lowest BCUT2D eigenvalue weighted by Gasteiger charge is -2.51. The van der Waals surface area contributed by atoms with Crippen LogP contribution in [0.3, 0.4) is 0 Å². The van der Waals surface area contributed by atoms with Gasteiger partial charge in [-0.05, 0) is 71.6 Å². The molecule has 2 fully saturated rings. The molecule has 2 aliphatic heterocycles. The molecule has 51 heavy (non-hydrogen) atoms. The Bertz CT molecular complexity index is 1840. The summed E-state index contributed by atoms with van der Waals surface area (Å²) in [5, 5.41) is 69.3. The van der Waals surface area contributed by atoms with E-state index >= 15 is 0 Å². The summed E-state index contributed by atoms with van der Waals surface area (Å²) in [5.41, 5.74) is 6.34. The molecular weight excluding hydrogens is 656 g/mol. The maximum absolute atomic E-state index is 14.1. The normalized spacial score (nSPS) is 31.4. The van der Waals surface area contributed by atoms with Gasteiger partial charge in [-0.2, -0.15) is 0 Å². The highest BCUT2D eigenvalue weighted by Gasteiger charge is 2.59. The lowest BCUT2D eigenvalue weighted by molar-refractivity contribution is -0.319. The van der Waals surface area contributed by atoms with E-state index in [-0.39, 0.29) is 35.7 Å². The van der Waals surface area contributed by atoms with E-state index in [1.165, 1.54) is 24.3 Å². The molecular formula is C39H44N2O10. The zero-order valence-corrected chi connectivity index (χ0v) is 28.1. The first-order valence-corrected chi connectivity index (χ1v) is 17.4. The monoisotopic (exact) mass is 700 g/mol. The molecule has 12 nitrogen and oxygen atoms in total. The van der Waals surface area contributed by atoms with Crippen LogP contribution in [0.5, 0.6) is 5.75 Å². The van der Waals surface area contributed by atoms with Crippen molar-refractivity contribution in [2.75, 3.05) is 13.2 Å². The molecule has 0 unspecified atom stereocenters. The molecule has 2 aromatic carbocycles. The number of carbonyl (C=O) groups excluding carboxylic acids is 2. The summed E-state index contributed by atoms with van der Waals surface area (Å²) < 4.78 is 12.0. The highest BCUT2D eigenvalue weighted by Crippen LogP contribution is 2.53. The Balaban J connectivity index is 1.18. The van der Waals surface area contributed by atoms with Gasteiger partial charge >= 0.3 is 0 Å². The van der Waals surface area contributed by atoms with E-state index in [9.17, 15) is 40.2 Å². The summed E-state index contributed by atoms with van der Waals surface area (Å²) in [6.07, 6.45) is 3.79. The molecule has 9 N–H and O–H groups in total. The fraction of sp³-hybridized carbons (Fsp3) is 0.436. The minimum atomic E-state index is -2.21. The van der Waals surface area contributed by atoms with Crippen molar-refractivity contribution in [3.05, 3.63) is 112 Å². The highest BCUT2D eigenvalue weighted by atomic mass is 16.7. The van der Waals surface area contributed by atoms with Crippen molar-refractivity contribution in [1.82, 2.24) is 5.32 Å². The number of hydrogen-bond acceptors (Lipinski definition) is 12. The van der Waals surface area contributed by atoms with Crippen LogP contribution in [0.25, 0.3) is 0 Å². The number of rotatable bonds is 9. The molecule has 3 aliphatic carbocycles. The summed E-state index contributed by atoms with van der Waals surface area (Å²) in [6.45, 7) is -0.334. The van der Waals surface area contributed by atoms with Crippen LogP contribution >= 0.6 is 0 Å². The average Bonchev–Trinajstić information content (AvgIpc) is 3.60. The van der Waals surface area contributed by atoms with Crippen LogP contribution in [0.1, 0.15) is 63.9 Å². The Morgan fingerprint density at radius 1 is 0.980 bits per heavy atom. The summed E-state index contributed by atoms with van der Waals surface area (Å²) >= 11 is 0. The number of nitrogens with one attached hydrogen (secondary N) is 1. The number of aliphatic hydroxyl groups excluding tert-OH is 5. The second-order valence-corrected chi connectivity index (χ2v) is 14.4. The minimum absolute atomic E-state index is 0.0674. The first-order chi connectivity index (χ1) is 24.5. The molecule has 0 amide bonds. The van der Waals surface area contributed by atoms with Gasteiger partial charge in [0.05, 0.1) is 36.4 Å². The predicted octanol–water partition coefficient (Wildman–Crippen LogP) is 2.24. The number of allylic oxidation sites excluding steroid dienone is 6. The molecule has 7 rings (SSSR count). The van der Waals surface area contributed by atoms with E-state index < -0.39 is 65.6 Å². The van der Waals surface area contributed by atoms with Gasteiger partial charge < -0.3 is 51.2 Å². The van der Waals surface area contributed by atoms with Gasteiger partial charge in [0.2, 0.25) is 6.29 Å². The number of hydrogen-bond donors (Lipinski definition) is 8. The molecule has 2 aromatic rings. The van der Waals surface area contributed by atoms with Crippen LogP contribution in [0.4, 0.5) is 0 Å². The van der Waals surface area contributed by atoms with Crippen molar-refractivity contribution in [2.45, 2.75) is 75.3 Å². The number of ketones is 2. The third-order valence-electron chi connectivity index (χ3n) is 11.2. The van der Waals surface area contributed by atoms with Crippen LogP contribution in [-0.4, -0.2) is 85.6 Å². The predicted molar refractivity (Wildman–Crippen MR) is 184 cm³/mol. The van der Waals surface area contributed by atoms with Gasteiger partial charge in [0, 0.05) is 12.1 Å². The van der Waals surface area contributed by atoms with Gasteiger partial charge in [-0.15, -0.1) is 0 Å². The van der Waals surface area contributed by atoms with Gasteiger partial charge in [-0.25, -0.2) is 0 Å². The Morgan fingerprint density at radius 2 is 1.73 bits per heavy atom. The zero-order valence-electron chi connectivity index (χ0n) is 28.1. The zero-order chi connectivity index (χ0) is 36.1. The van der Waals surface area contributed by atoms with Crippen molar-refractivity contribution in [3.63, 3.8) is 0 Å². The number of nitrogens with two attached hydrogens (primary N) is 1. The van der Waals surface area contributed by atoms with Gasteiger partial charge in [0.1, 0.15) is 35.4 Å². The van der Waals surface area contributed by atoms with E-state index in [1.807, 2.05) is 30.4 Å². The second-order valence-electron chi connectivity index (χ2n) is 14.4. The van der Waals surface area contributed by atoms with E-state index in [4.69, 9.17) is 15.2 Å². The molecule has 1 saturated heterocycles. The third kappa shape index (κ3) is 6.19. The number of carbonyl (C=O) groups is 2. The fourth-order valence-corrected chi connectivity index (χ4v) is 8.68. The van der Waals surface area contributed by atoms with E-state index in [0.717, 1.165) is 29.5 Å². The smallest absolute Gasteiger partial charge is 0.229 e. The largest absolute Gasteiger partial charge is 0.511 e. The SMILES string of the molecule is NC1=CC(C2(C[C@]3(O)[C@H](O)[C@@H](CO)O[C@@H](Oc4cccc5c4C(=O)[C@@H]4C(O)=CC(Cc6cccc(CO)c6)=C[C@@H]4C5=O)[C@@H]3O)CCCC2)=CCN1. The molecule has 0 bridgehead atoms. The number of dihydropyridines is 1. The second kappa shape index (κ2) is 13.7. The fourth-order valence-electron chi connectivity index (χ4n) is 8.68. The van der Waals surface area contributed by atoms with Crippen molar-refractivity contribution in [2.24, 2.45) is 23.0 Å². The third-order valence-corrected chi connectivity index (χ3v) is 11.2. The number of Topliss-reactive ketones (excluding diaryl/α,β-unsaturated/α-hetero) is 2. The van der Waals surface area contributed by atoms with Crippen LogP contribution < -0.4 is 15.8 Å². The Morgan fingerprint density at radius 3 is 2.45 bits per heavy atom. The quantitative estimate of drug-likeness (QED) is 0.189. The molecule has 0 spiro atoms. The van der Waals surface area contributed by atoms with Crippen molar-refractivity contribution < 1.29 is 49.7 Å². The standard InChI is InChI=1S/C39H44N2O10/c40-30-17-24(9-12-41-30)38(10-1-2-11-38)20-39(49)35(47)29(19-43)51-37(36(39)48)50-28-8-4-7-25-32(28)34(46)31-26(33(25)45)15-23(16-27(31)44)14-21-5-3-6-22(13-21)18-42/h3-9,13,15-17,26,29,31,35-37,41-44,47-49H,1-2,10-12,14,18-20,40H2/t26-,29+,31-,35+,36-,37+,39-/m0/s1. The number of fused-ring (bicyclic) bond motifs is 2. The molecule has 1 saturated carbocycles. The summed E-state index contributed by atoms with van der Waals surface area (Å²) in [6, 6.07) is 11.8. The summed E-state index contributed by atoms with van der Waals surface area (Å²) in [4.78, 5) is 28.1. The van der Waals surface area contributed by atoms with Crippen LogP contribution in [0, 0.1) is 17.3 Å². The van der Waals surface area contributed by atoms with E-state index in [0.29, 0.717) is 37.2 Å². The topological polar surface area (TPSA) is 212 Å². The minimum Gasteiger partial charge on any atom is -0.511 e. The van der Waals surface area contributed by atoms with Crippen molar-refractivity contribution in [3.8, 4) is 5.75 Å². The van der Waals surface area contributed by atoms with Gasteiger partial charge in [-0.3, -0.25) is 9.59 Å². The maximum atomic E-state index is 14.1. The lowest BCUT2D eigenvalue weighted by atomic mass is 9.66. The molecule has 0 radical (unpaired) electrons. The van der Waals surface area contributed by atoms with Crippen LogP contribution in [-0.2, 0) is 17.8 Å². The van der Waals surface area contributed by atoms with Crippen LogP contribution in [0.2, 0.25) is 0 Å². The van der Waals surface area contributed by atoms with Gasteiger partial charge in [0.25, 0.3) is 0 Å². The van der Waals surface area contributed by atoms with E-state index in [1.54, 1.807) is 12.1 Å². The molecule has 270 valence electrons. The Kier molecular flexibility index (Phi) is 9.42. The van der Waals surface area contributed by atoms with E-state index in [2.05, 4.69) is 5.32 Å². The number of benzene rings is 2. The first kappa shape index (κ1) is 35.1. The molecule has 2 heterocycles. The summed E-state index contributed by atoms with van der Waals surface area (Å²) in [7, 11) is 0. The first-order valence-electron chi connectivity index (χ1n) is 17.4. The maximum Gasteiger partial charge on any atom is 0.229 e. The molecule has 7 atom stereocenters. The molecule has 0 aromatic heterocycles. The van der Waals surface area contributed by atoms with Gasteiger partial charge in [-0.1, -0.05) is 61.4 Å². The molecule has 5 aliphatic rings. The number of aliphatic hydroxyl groups is 6. The average molecular weight is 701 g/mol. The Hall–Kier alpha value is -4.30. The molecule has 12 heteroatoms. The summed E-state index contributed by atoms with van der Waals surface area (Å²) in [5.74, 6) is -3.05. The van der Waals surface area contributed by atoms with Crippen molar-refractivity contribution in [1.29, 1.82) is 0 Å². The Labute approximate surface area is 295 Å². The highest BCUT2D eigenvalue weighted by molar-refractivity contribution is 6.19.